The number of carboxylic acid groups (broad SMARTS) is 1. The lowest BCUT2D eigenvalue weighted by Crippen LogP contribution is -2.37. The Labute approximate surface area is 244 Å². The van der Waals surface area contributed by atoms with Crippen LogP contribution in [-0.2, 0) is 30.2 Å². The van der Waals surface area contributed by atoms with E-state index in [1.807, 2.05) is 48.5 Å². The van der Waals surface area contributed by atoms with Gasteiger partial charge in [-0.2, -0.15) is 0 Å². The molecule has 5 aromatic rings. The number of imidazole rings is 1. The number of aliphatic carboxylic acids is 1. The van der Waals surface area contributed by atoms with Gasteiger partial charge in [-0.1, -0.05) is 97.1 Å². The maximum Gasteiger partial charge on any atom is 0.332 e. The van der Waals surface area contributed by atoms with Crippen LogP contribution in [0.3, 0.4) is 0 Å². The van der Waals surface area contributed by atoms with E-state index in [4.69, 9.17) is 9.84 Å². The highest BCUT2D eigenvalue weighted by molar-refractivity contribution is 5.74. The van der Waals surface area contributed by atoms with Gasteiger partial charge in [0.05, 0.1) is 12.9 Å². The van der Waals surface area contributed by atoms with E-state index in [1.54, 1.807) is 0 Å². The van der Waals surface area contributed by atoms with Crippen LogP contribution in [0.25, 0.3) is 11.2 Å². The number of fused-ring (bicyclic) bond motifs is 1. The summed E-state index contributed by atoms with van der Waals surface area (Å²) in [7, 11) is 6.93. The Kier molecular flexibility index (Phi) is 12.0. The number of carboxylic acids is 1. The number of likely N-dealkylation sites (N-methyl/N-ethyl adjacent to an activating group) is 1. The van der Waals surface area contributed by atoms with Gasteiger partial charge in [0.15, 0.2) is 11.2 Å². The summed E-state index contributed by atoms with van der Waals surface area (Å²) in [4.78, 5) is 40.1. The standard InChI is InChI=1S/C17H21NO.C9H10N4O4.C6H6/c1-18(2)13-14-19-17(15-9-5-3-6-10-15)16-11-7-4-8-12-16;1-11-7-6(8(16)12(2)9(11)17)13(4-10-7)3-5(14)15;1-2-4-6-5-3-1/h3-12,17H,13-14H2,1-2H3;4H,3H2,1-2H3,(H,14,15);1-6H. The Balaban J connectivity index is 0.000000193. The second kappa shape index (κ2) is 15.8. The summed E-state index contributed by atoms with van der Waals surface area (Å²) < 4.78 is 9.41. The molecule has 3 aromatic carbocycles. The fourth-order valence-electron chi connectivity index (χ4n) is 4.04. The van der Waals surface area contributed by atoms with Crippen LogP contribution in [0.2, 0.25) is 0 Å². The second-order valence-electron chi connectivity index (χ2n) is 9.67. The second-order valence-corrected chi connectivity index (χ2v) is 9.67. The Morgan fingerprint density at radius 3 is 1.76 bits per heavy atom. The van der Waals surface area contributed by atoms with Crippen LogP contribution in [0, 0.1) is 0 Å². The number of aryl methyl sites for hydroxylation is 1. The molecule has 2 heterocycles. The van der Waals surface area contributed by atoms with Crippen molar-refractivity contribution in [3.8, 4) is 0 Å². The number of benzene rings is 3. The van der Waals surface area contributed by atoms with Crippen LogP contribution >= 0.6 is 0 Å². The van der Waals surface area contributed by atoms with Gasteiger partial charge in [-0.25, -0.2) is 9.78 Å². The van der Waals surface area contributed by atoms with Crippen molar-refractivity contribution in [2.75, 3.05) is 27.2 Å². The van der Waals surface area contributed by atoms with E-state index in [-0.39, 0.29) is 23.8 Å². The molecule has 0 bridgehead atoms. The summed E-state index contributed by atoms with van der Waals surface area (Å²) in [5.41, 5.74) is 1.64. The van der Waals surface area contributed by atoms with Crippen LogP contribution in [0.5, 0.6) is 0 Å². The fourth-order valence-corrected chi connectivity index (χ4v) is 4.04. The zero-order valence-electron chi connectivity index (χ0n) is 24.3. The van der Waals surface area contributed by atoms with Gasteiger partial charge in [-0.15, -0.1) is 0 Å². The SMILES string of the molecule is CN(C)CCOC(c1ccccc1)c1ccccc1.Cn1c(=O)c2c(ncn2CC(=O)O)n(C)c1=O.c1ccccc1. The molecule has 10 heteroatoms. The van der Waals surface area contributed by atoms with Gasteiger partial charge in [0, 0.05) is 20.6 Å². The molecule has 0 saturated carbocycles. The molecule has 0 aliphatic rings. The summed E-state index contributed by atoms with van der Waals surface area (Å²) in [6, 6.07) is 32.8. The molecule has 2 aromatic heterocycles. The van der Waals surface area contributed by atoms with Gasteiger partial charge in [0.1, 0.15) is 12.6 Å². The van der Waals surface area contributed by atoms with Crippen LogP contribution in [0.1, 0.15) is 17.2 Å². The zero-order chi connectivity index (χ0) is 30.5. The Morgan fingerprint density at radius 2 is 1.31 bits per heavy atom. The van der Waals surface area contributed by atoms with E-state index >= 15 is 0 Å². The number of rotatable bonds is 8. The maximum atomic E-state index is 11.9. The highest BCUT2D eigenvalue weighted by atomic mass is 16.5. The van der Waals surface area contributed by atoms with E-state index in [0.29, 0.717) is 0 Å². The van der Waals surface area contributed by atoms with Gasteiger partial charge in [-0.05, 0) is 25.2 Å². The van der Waals surface area contributed by atoms with Gasteiger partial charge in [0.2, 0.25) is 0 Å². The smallest absolute Gasteiger partial charge is 0.332 e. The minimum absolute atomic E-state index is 0.0161. The van der Waals surface area contributed by atoms with Crippen LogP contribution in [0.4, 0.5) is 0 Å². The normalized spacial score (nSPS) is 10.6. The molecule has 0 aliphatic carbocycles. The Bertz CT molecular complexity index is 1580. The third-order valence-corrected chi connectivity index (χ3v) is 6.22. The average molecular weight is 572 g/mol. The lowest BCUT2D eigenvalue weighted by molar-refractivity contribution is -0.137. The van der Waals surface area contributed by atoms with Gasteiger partial charge in [0.25, 0.3) is 5.56 Å². The predicted molar refractivity (Wildman–Crippen MR) is 164 cm³/mol. The molecular formula is C32H37N5O5. The topological polar surface area (TPSA) is 112 Å². The molecule has 5 rings (SSSR count). The third kappa shape index (κ3) is 8.85. The molecule has 0 fully saturated rings. The number of hydrogen-bond donors (Lipinski definition) is 1. The van der Waals surface area contributed by atoms with Crippen molar-refractivity contribution in [1.29, 1.82) is 0 Å². The number of hydrogen-bond acceptors (Lipinski definition) is 6. The van der Waals surface area contributed by atoms with Crippen LogP contribution < -0.4 is 11.2 Å². The molecule has 1 N–H and O–H groups in total. The van der Waals surface area contributed by atoms with Gasteiger partial charge in [-0.3, -0.25) is 18.7 Å². The maximum absolute atomic E-state index is 11.9. The Morgan fingerprint density at radius 1 is 0.833 bits per heavy atom. The molecule has 0 radical (unpaired) electrons. The lowest BCUT2D eigenvalue weighted by atomic mass is 10.0. The fraction of sp³-hybridized carbons (Fsp3) is 0.250. The Hall–Kier alpha value is -4.80. The first-order valence-electron chi connectivity index (χ1n) is 13.4. The molecule has 0 atom stereocenters. The number of ether oxygens (including phenoxy) is 1. The summed E-state index contributed by atoms with van der Waals surface area (Å²) in [5.74, 6) is -1.08. The van der Waals surface area contributed by atoms with Gasteiger partial charge < -0.3 is 19.3 Å². The molecule has 0 spiro atoms. The zero-order valence-corrected chi connectivity index (χ0v) is 24.3. The van der Waals surface area contributed by atoms with Crippen LogP contribution in [-0.4, -0.2) is 61.9 Å². The number of carbonyl (C=O) groups is 1. The van der Waals surface area contributed by atoms with Crippen molar-refractivity contribution in [3.05, 3.63) is 135 Å². The monoisotopic (exact) mass is 571 g/mol. The third-order valence-electron chi connectivity index (χ3n) is 6.22. The molecule has 0 amide bonds. The quantitative estimate of drug-likeness (QED) is 0.303. The van der Waals surface area contributed by atoms with Crippen LogP contribution in [0.15, 0.2) is 113 Å². The molecule has 0 saturated heterocycles. The summed E-state index contributed by atoms with van der Waals surface area (Å²) in [6.07, 6.45) is 1.25. The van der Waals surface area contributed by atoms with Gasteiger partial charge >= 0.3 is 11.7 Å². The van der Waals surface area contributed by atoms with Crippen molar-refractivity contribution in [1.82, 2.24) is 23.6 Å². The van der Waals surface area contributed by atoms with Crippen molar-refractivity contribution < 1.29 is 14.6 Å². The average Bonchev–Trinajstić information content (AvgIpc) is 3.42. The molecule has 42 heavy (non-hydrogen) atoms. The number of aromatic nitrogens is 4. The van der Waals surface area contributed by atoms with E-state index < -0.39 is 17.2 Å². The summed E-state index contributed by atoms with van der Waals surface area (Å²) in [6.45, 7) is 1.28. The first-order valence-corrected chi connectivity index (χ1v) is 13.4. The van der Waals surface area contributed by atoms with Crippen molar-refractivity contribution in [3.63, 3.8) is 0 Å². The first kappa shape index (κ1) is 31.7. The molecule has 0 unspecified atom stereocenters. The lowest BCUT2D eigenvalue weighted by Gasteiger charge is -2.20. The predicted octanol–water partition coefficient (Wildman–Crippen LogP) is 3.56. The van der Waals surface area contributed by atoms with E-state index in [9.17, 15) is 14.4 Å². The van der Waals surface area contributed by atoms with Crippen molar-refractivity contribution in [2.24, 2.45) is 14.1 Å². The van der Waals surface area contributed by atoms with E-state index in [2.05, 4.69) is 72.5 Å². The highest BCUT2D eigenvalue weighted by Crippen LogP contribution is 2.25. The number of nitrogens with zero attached hydrogens (tertiary/aromatic N) is 5. The van der Waals surface area contributed by atoms with Crippen molar-refractivity contribution in [2.45, 2.75) is 12.6 Å². The molecule has 220 valence electrons. The minimum atomic E-state index is -1.08. The largest absolute Gasteiger partial charge is 0.480 e. The molecular weight excluding hydrogens is 534 g/mol. The highest BCUT2D eigenvalue weighted by Gasteiger charge is 2.15. The molecule has 0 aliphatic heterocycles. The van der Waals surface area contributed by atoms with Crippen molar-refractivity contribution >= 4 is 17.1 Å². The van der Waals surface area contributed by atoms with E-state index in [0.717, 1.165) is 17.7 Å². The minimum Gasteiger partial charge on any atom is -0.480 e. The summed E-state index contributed by atoms with van der Waals surface area (Å²) >= 11 is 0. The molecule has 10 nitrogen and oxygen atoms in total. The first-order chi connectivity index (χ1) is 20.2. The van der Waals surface area contributed by atoms with E-state index in [1.165, 1.54) is 40.7 Å². The summed E-state index contributed by atoms with van der Waals surface area (Å²) in [5, 5.41) is 8.70.